The predicted molar refractivity (Wildman–Crippen MR) is 80.5 cm³/mol. The summed E-state index contributed by atoms with van der Waals surface area (Å²) in [4.78, 5) is 2.29. The molecule has 2 N–H and O–H groups in total. The van der Waals surface area contributed by atoms with E-state index in [1.165, 1.54) is 0 Å². The van der Waals surface area contributed by atoms with Crippen LogP contribution in [0, 0.1) is 0 Å². The van der Waals surface area contributed by atoms with Gasteiger partial charge >= 0.3 is 0 Å². The van der Waals surface area contributed by atoms with Gasteiger partial charge in [0, 0.05) is 17.8 Å². The van der Waals surface area contributed by atoms with Gasteiger partial charge < -0.3 is 14.9 Å². The lowest BCUT2D eigenvalue weighted by Crippen LogP contribution is -2.22. The van der Waals surface area contributed by atoms with Crippen molar-refractivity contribution in [2.45, 2.75) is 26.9 Å². The molecule has 2 rings (SSSR count). The molecule has 1 heterocycles. The van der Waals surface area contributed by atoms with E-state index in [2.05, 4.69) is 11.8 Å². The summed E-state index contributed by atoms with van der Waals surface area (Å²) in [7, 11) is 0. The second-order valence-corrected chi connectivity index (χ2v) is 4.68. The van der Waals surface area contributed by atoms with Crippen molar-refractivity contribution in [2.75, 3.05) is 18.9 Å². The molecule has 1 aromatic carbocycles. The highest BCUT2D eigenvalue weighted by molar-refractivity contribution is 5.47. The van der Waals surface area contributed by atoms with Crippen LogP contribution >= 0.6 is 0 Å². The van der Waals surface area contributed by atoms with Gasteiger partial charge in [-0.1, -0.05) is 6.92 Å². The van der Waals surface area contributed by atoms with Gasteiger partial charge in [-0.3, -0.25) is 4.90 Å². The monoisotopic (exact) mass is 274 g/mol. The lowest BCUT2D eigenvalue weighted by atomic mass is 10.1. The SMILES string of the molecule is CCOc1ccc(N)cc1CN(CC)Cc1ccco1. The van der Waals surface area contributed by atoms with Gasteiger partial charge in [-0.25, -0.2) is 0 Å². The lowest BCUT2D eigenvalue weighted by molar-refractivity contribution is 0.241. The number of ether oxygens (including phenoxy) is 1. The number of rotatable bonds is 7. The number of hydrogen-bond donors (Lipinski definition) is 1. The Morgan fingerprint density at radius 1 is 1.20 bits per heavy atom. The summed E-state index contributed by atoms with van der Waals surface area (Å²) < 4.78 is 11.1. The molecule has 4 heteroatoms. The van der Waals surface area contributed by atoms with Crippen LogP contribution in [-0.2, 0) is 13.1 Å². The Kier molecular flexibility index (Phi) is 5.07. The van der Waals surface area contributed by atoms with Crippen LogP contribution < -0.4 is 10.5 Å². The molecule has 1 aromatic heterocycles. The van der Waals surface area contributed by atoms with Crippen molar-refractivity contribution in [2.24, 2.45) is 0 Å². The Labute approximate surface area is 120 Å². The number of anilines is 1. The van der Waals surface area contributed by atoms with Crippen LogP contribution in [0.1, 0.15) is 25.2 Å². The molecule has 0 saturated carbocycles. The van der Waals surface area contributed by atoms with Crippen molar-refractivity contribution < 1.29 is 9.15 Å². The molecule has 0 radical (unpaired) electrons. The molecule has 0 aliphatic carbocycles. The number of hydrogen-bond acceptors (Lipinski definition) is 4. The first-order valence-electron chi connectivity index (χ1n) is 6.98. The van der Waals surface area contributed by atoms with Gasteiger partial charge in [-0.2, -0.15) is 0 Å². The van der Waals surface area contributed by atoms with E-state index in [9.17, 15) is 0 Å². The molecule has 0 bridgehead atoms. The quantitative estimate of drug-likeness (QED) is 0.787. The molecule has 2 aromatic rings. The zero-order valence-corrected chi connectivity index (χ0v) is 12.1. The van der Waals surface area contributed by atoms with Gasteiger partial charge in [0.2, 0.25) is 0 Å². The van der Waals surface area contributed by atoms with Crippen molar-refractivity contribution >= 4 is 5.69 Å². The molecule has 20 heavy (non-hydrogen) atoms. The van der Waals surface area contributed by atoms with Gasteiger partial charge in [0.25, 0.3) is 0 Å². The lowest BCUT2D eigenvalue weighted by Gasteiger charge is -2.21. The first-order valence-corrected chi connectivity index (χ1v) is 6.98. The van der Waals surface area contributed by atoms with E-state index in [-0.39, 0.29) is 0 Å². The normalized spacial score (nSPS) is 10.9. The molecule has 0 atom stereocenters. The molecule has 0 aliphatic heterocycles. The fraction of sp³-hybridized carbons (Fsp3) is 0.375. The average molecular weight is 274 g/mol. The first-order chi connectivity index (χ1) is 9.72. The van der Waals surface area contributed by atoms with E-state index in [1.807, 2.05) is 37.3 Å². The van der Waals surface area contributed by atoms with E-state index in [1.54, 1.807) is 6.26 Å². The summed E-state index contributed by atoms with van der Waals surface area (Å²) in [6.45, 7) is 7.28. The maximum atomic E-state index is 5.88. The minimum atomic E-state index is 0.654. The third-order valence-electron chi connectivity index (χ3n) is 3.19. The fourth-order valence-electron chi connectivity index (χ4n) is 2.16. The Morgan fingerprint density at radius 3 is 2.70 bits per heavy atom. The summed E-state index contributed by atoms with van der Waals surface area (Å²) in [5.41, 5.74) is 7.76. The number of furan rings is 1. The number of nitrogen functional groups attached to an aromatic ring is 1. The highest BCUT2D eigenvalue weighted by Crippen LogP contribution is 2.23. The van der Waals surface area contributed by atoms with E-state index >= 15 is 0 Å². The van der Waals surface area contributed by atoms with Crippen molar-refractivity contribution in [1.82, 2.24) is 4.90 Å². The van der Waals surface area contributed by atoms with Gasteiger partial charge in [0.05, 0.1) is 19.4 Å². The maximum Gasteiger partial charge on any atom is 0.123 e. The minimum absolute atomic E-state index is 0.654. The minimum Gasteiger partial charge on any atom is -0.494 e. The molecule has 108 valence electrons. The number of benzene rings is 1. The highest BCUT2D eigenvalue weighted by atomic mass is 16.5. The van der Waals surface area contributed by atoms with Crippen LogP contribution in [0.5, 0.6) is 5.75 Å². The Hall–Kier alpha value is -1.94. The molecule has 0 fully saturated rings. The van der Waals surface area contributed by atoms with Crippen LogP contribution in [0.25, 0.3) is 0 Å². The fourth-order valence-corrected chi connectivity index (χ4v) is 2.16. The van der Waals surface area contributed by atoms with Gasteiger partial charge in [0.15, 0.2) is 0 Å². The van der Waals surface area contributed by atoms with E-state index in [0.717, 1.165) is 42.4 Å². The van der Waals surface area contributed by atoms with E-state index in [4.69, 9.17) is 14.9 Å². The third-order valence-corrected chi connectivity index (χ3v) is 3.19. The van der Waals surface area contributed by atoms with Crippen LogP contribution in [0.3, 0.4) is 0 Å². The van der Waals surface area contributed by atoms with Crippen molar-refractivity contribution in [3.05, 3.63) is 47.9 Å². The molecule has 4 nitrogen and oxygen atoms in total. The van der Waals surface area contributed by atoms with Gasteiger partial charge in [0.1, 0.15) is 11.5 Å². The summed E-state index contributed by atoms with van der Waals surface area (Å²) in [6.07, 6.45) is 1.70. The molecule has 0 spiro atoms. The second kappa shape index (κ2) is 7.01. The van der Waals surface area contributed by atoms with Crippen LogP contribution in [0.2, 0.25) is 0 Å². The van der Waals surface area contributed by atoms with Gasteiger partial charge in [-0.15, -0.1) is 0 Å². The molecular formula is C16H22N2O2. The molecule has 0 saturated heterocycles. The van der Waals surface area contributed by atoms with Crippen LogP contribution in [0.4, 0.5) is 5.69 Å². The third kappa shape index (κ3) is 3.78. The summed E-state index contributed by atoms with van der Waals surface area (Å²) in [5, 5.41) is 0. The van der Waals surface area contributed by atoms with Crippen molar-refractivity contribution in [3.8, 4) is 5.75 Å². The smallest absolute Gasteiger partial charge is 0.123 e. The molecule has 0 unspecified atom stereocenters. The Morgan fingerprint density at radius 2 is 2.05 bits per heavy atom. The molecular weight excluding hydrogens is 252 g/mol. The summed E-state index contributed by atoms with van der Waals surface area (Å²) in [6, 6.07) is 9.70. The van der Waals surface area contributed by atoms with Crippen molar-refractivity contribution in [1.29, 1.82) is 0 Å². The largest absolute Gasteiger partial charge is 0.494 e. The summed E-state index contributed by atoms with van der Waals surface area (Å²) in [5.74, 6) is 1.87. The predicted octanol–water partition coefficient (Wildman–Crippen LogP) is 3.28. The molecule has 0 aliphatic rings. The maximum absolute atomic E-state index is 5.88. The standard InChI is InChI=1S/C16H22N2O2/c1-3-18(12-15-6-5-9-20-15)11-13-10-14(17)7-8-16(13)19-4-2/h5-10H,3-4,11-12,17H2,1-2H3. The van der Waals surface area contributed by atoms with Gasteiger partial charge in [-0.05, 0) is 43.8 Å². The average Bonchev–Trinajstić information content (AvgIpc) is 2.94. The second-order valence-electron chi connectivity index (χ2n) is 4.68. The first kappa shape index (κ1) is 14.5. The number of nitrogens with zero attached hydrogens (tertiary/aromatic N) is 1. The topological polar surface area (TPSA) is 51.6 Å². The Balaban J connectivity index is 2.11. The van der Waals surface area contributed by atoms with Crippen molar-refractivity contribution in [3.63, 3.8) is 0 Å². The van der Waals surface area contributed by atoms with E-state index < -0.39 is 0 Å². The van der Waals surface area contributed by atoms with Crippen LogP contribution in [-0.4, -0.2) is 18.1 Å². The molecule has 0 amide bonds. The van der Waals surface area contributed by atoms with Crippen LogP contribution in [0.15, 0.2) is 41.0 Å². The summed E-state index contributed by atoms with van der Waals surface area (Å²) >= 11 is 0. The van der Waals surface area contributed by atoms with E-state index in [0.29, 0.717) is 6.61 Å². The Bertz CT molecular complexity index is 523. The number of nitrogens with two attached hydrogens (primary N) is 1. The zero-order chi connectivity index (χ0) is 14.4. The highest BCUT2D eigenvalue weighted by Gasteiger charge is 2.11. The zero-order valence-electron chi connectivity index (χ0n) is 12.1.